The Morgan fingerprint density at radius 3 is 2.61 bits per heavy atom. The van der Waals surface area contributed by atoms with E-state index >= 15 is 0 Å². The molecule has 0 aliphatic heterocycles. The first-order valence-corrected chi connectivity index (χ1v) is 11.4. The number of carboxylic acid groups (broad SMARTS) is 1. The molecule has 1 amide bonds. The maximum absolute atomic E-state index is 14.8. The number of thiazole rings is 1. The van der Waals surface area contributed by atoms with Crippen LogP contribution in [-0.2, 0) is 4.79 Å². The van der Waals surface area contributed by atoms with Gasteiger partial charge in [-0.1, -0.05) is 36.2 Å². The zero-order chi connectivity index (χ0) is 24.1. The van der Waals surface area contributed by atoms with E-state index in [1.54, 1.807) is 23.6 Å². The van der Waals surface area contributed by atoms with E-state index in [0.717, 1.165) is 17.8 Å². The van der Waals surface area contributed by atoms with Crippen LogP contribution in [0, 0.1) is 5.82 Å². The molecule has 33 heavy (non-hydrogen) atoms. The number of halogens is 3. The van der Waals surface area contributed by atoms with Gasteiger partial charge in [0.05, 0.1) is 22.3 Å². The van der Waals surface area contributed by atoms with Crippen molar-refractivity contribution in [3.8, 4) is 17.0 Å². The summed E-state index contributed by atoms with van der Waals surface area (Å²) in [5.74, 6) is -2.01. The van der Waals surface area contributed by atoms with Crippen molar-refractivity contribution < 1.29 is 23.8 Å². The highest BCUT2D eigenvalue weighted by Gasteiger charge is 2.17. The minimum Gasteiger partial charge on any atom is -0.491 e. The summed E-state index contributed by atoms with van der Waals surface area (Å²) in [5.41, 5.74) is 1.12. The van der Waals surface area contributed by atoms with Gasteiger partial charge in [0, 0.05) is 27.6 Å². The van der Waals surface area contributed by atoms with Crippen molar-refractivity contribution >= 4 is 57.6 Å². The number of hydrogen-bond donors (Lipinski definition) is 2. The lowest BCUT2D eigenvalue weighted by Gasteiger charge is -2.08. The molecule has 0 saturated heterocycles. The zero-order valence-electron chi connectivity index (χ0n) is 17.6. The summed E-state index contributed by atoms with van der Waals surface area (Å²) in [6, 6.07) is 7.57. The third kappa shape index (κ3) is 5.90. The molecular formula is C23H19Cl2FN2O4S. The number of rotatable bonds is 8. The number of aromatic nitrogens is 1. The van der Waals surface area contributed by atoms with Crippen LogP contribution in [0.3, 0.4) is 0 Å². The van der Waals surface area contributed by atoms with Gasteiger partial charge in [-0.25, -0.2) is 14.2 Å². The minimum absolute atomic E-state index is 0.0442. The van der Waals surface area contributed by atoms with Gasteiger partial charge in [-0.2, -0.15) is 0 Å². The first-order chi connectivity index (χ1) is 15.7. The molecule has 0 aliphatic rings. The quantitative estimate of drug-likeness (QED) is 0.327. The van der Waals surface area contributed by atoms with E-state index in [-0.39, 0.29) is 37.6 Å². The van der Waals surface area contributed by atoms with Crippen LogP contribution >= 0.6 is 34.5 Å². The number of aliphatic carboxylic acids is 1. The fraction of sp³-hybridized carbons (Fsp3) is 0.174. The standard InChI is InChI=1S/C23H19Cl2FN2O4S/c1-3-7-32-19-6-4-5-14(20(19)26)18-11-33-23(27-18)28-21(29)13-9-16(24)15(17(25)10-13)8-12(2)22(30)31/h4-6,8-11H,3,7H2,1-2H3,(H,30,31)(H,27,28,29)/b12-8+. The Bertz CT molecular complexity index is 1220. The molecule has 10 heteroatoms. The third-order valence-corrected chi connectivity index (χ3v) is 5.85. The van der Waals surface area contributed by atoms with Crippen molar-refractivity contribution in [1.82, 2.24) is 4.98 Å². The van der Waals surface area contributed by atoms with E-state index < -0.39 is 17.7 Å². The lowest BCUT2D eigenvalue weighted by Crippen LogP contribution is -2.12. The van der Waals surface area contributed by atoms with E-state index in [4.69, 9.17) is 33.0 Å². The number of nitrogens with zero attached hydrogens (tertiary/aromatic N) is 1. The van der Waals surface area contributed by atoms with Gasteiger partial charge in [0.2, 0.25) is 0 Å². The molecule has 0 unspecified atom stereocenters. The number of benzene rings is 2. The van der Waals surface area contributed by atoms with Crippen LogP contribution in [0.25, 0.3) is 17.3 Å². The summed E-state index contributed by atoms with van der Waals surface area (Å²) in [5, 5.41) is 13.8. The molecule has 2 N–H and O–H groups in total. The molecule has 3 rings (SSSR count). The van der Waals surface area contributed by atoms with Crippen molar-refractivity contribution in [2.24, 2.45) is 0 Å². The molecule has 0 aliphatic carbocycles. The molecule has 1 aromatic heterocycles. The molecule has 172 valence electrons. The maximum Gasteiger partial charge on any atom is 0.331 e. The van der Waals surface area contributed by atoms with Gasteiger partial charge >= 0.3 is 5.97 Å². The van der Waals surface area contributed by atoms with Crippen LogP contribution in [0.2, 0.25) is 10.0 Å². The fourth-order valence-corrected chi connectivity index (χ4v) is 4.09. The first kappa shape index (κ1) is 24.7. The number of ether oxygens (including phenoxy) is 1. The second-order valence-corrected chi connectivity index (χ2v) is 8.62. The van der Waals surface area contributed by atoms with E-state index in [1.165, 1.54) is 25.1 Å². The Balaban J connectivity index is 1.81. The van der Waals surface area contributed by atoms with Gasteiger partial charge in [0.25, 0.3) is 5.91 Å². The van der Waals surface area contributed by atoms with E-state index in [2.05, 4.69) is 10.3 Å². The Kier molecular flexibility index (Phi) is 8.07. The van der Waals surface area contributed by atoms with Crippen LogP contribution in [0.5, 0.6) is 5.75 Å². The number of carbonyl (C=O) groups excluding carboxylic acids is 1. The predicted molar refractivity (Wildman–Crippen MR) is 129 cm³/mol. The number of carboxylic acids is 1. The van der Waals surface area contributed by atoms with Gasteiger partial charge in [-0.15, -0.1) is 11.3 Å². The van der Waals surface area contributed by atoms with Gasteiger partial charge in [-0.3, -0.25) is 10.1 Å². The lowest BCUT2D eigenvalue weighted by atomic mass is 10.1. The average Bonchev–Trinajstić information content (AvgIpc) is 3.23. The molecule has 3 aromatic rings. The second kappa shape index (κ2) is 10.8. The molecule has 2 aromatic carbocycles. The molecule has 0 radical (unpaired) electrons. The smallest absolute Gasteiger partial charge is 0.331 e. The maximum atomic E-state index is 14.8. The highest BCUT2D eigenvalue weighted by Crippen LogP contribution is 2.32. The van der Waals surface area contributed by atoms with Crippen molar-refractivity contribution in [3.05, 3.63) is 68.3 Å². The molecule has 0 fully saturated rings. The van der Waals surface area contributed by atoms with Gasteiger partial charge in [0.1, 0.15) is 0 Å². The Morgan fingerprint density at radius 1 is 1.27 bits per heavy atom. The number of carbonyl (C=O) groups is 2. The van der Waals surface area contributed by atoms with Gasteiger partial charge in [0.15, 0.2) is 16.7 Å². The predicted octanol–water partition coefficient (Wildman–Crippen LogP) is 6.79. The van der Waals surface area contributed by atoms with E-state index in [9.17, 15) is 14.0 Å². The SMILES string of the molecule is CCCOc1cccc(-c2csc(NC(=O)c3cc(Cl)c(/C=C(\C)C(=O)O)c(Cl)c3)n2)c1F. The lowest BCUT2D eigenvalue weighted by molar-refractivity contribution is -0.132. The molecular weight excluding hydrogens is 490 g/mol. The number of anilines is 1. The summed E-state index contributed by atoms with van der Waals surface area (Å²) >= 11 is 13.6. The summed E-state index contributed by atoms with van der Waals surface area (Å²) in [6.07, 6.45) is 2.08. The molecule has 1 heterocycles. The largest absolute Gasteiger partial charge is 0.491 e. The van der Waals surface area contributed by atoms with Crippen LogP contribution < -0.4 is 10.1 Å². The highest BCUT2D eigenvalue weighted by atomic mass is 35.5. The number of nitrogens with one attached hydrogen (secondary N) is 1. The third-order valence-electron chi connectivity index (χ3n) is 4.47. The van der Waals surface area contributed by atoms with Crippen molar-refractivity contribution in [3.63, 3.8) is 0 Å². The average molecular weight is 509 g/mol. The molecule has 0 spiro atoms. The molecule has 0 saturated carbocycles. The van der Waals surface area contributed by atoms with Crippen LogP contribution in [0.4, 0.5) is 9.52 Å². The van der Waals surface area contributed by atoms with Crippen LogP contribution in [0.1, 0.15) is 36.2 Å². The summed E-state index contributed by atoms with van der Waals surface area (Å²) in [4.78, 5) is 28.0. The van der Waals surface area contributed by atoms with Gasteiger partial charge < -0.3 is 9.84 Å². The summed E-state index contributed by atoms with van der Waals surface area (Å²) in [7, 11) is 0. The fourth-order valence-electron chi connectivity index (χ4n) is 2.79. The Morgan fingerprint density at radius 2 is 1.97 bits per heavy atom. The summed E-state index contributed by atoms with van der Waals surface area (Å²) in [6.45, 7) is 3.73. The topological polar surface area (TPSA) is 88.5 Å². The zero-order valence-corrected chi connectivity index (χ0v) is 19.9. The van der Waals surface area contributed by atoms with Crippen molar-refractivity contribution in [2.45, 2.75) is 20.3 Å². The van der Waals surface area contributed by atoms with Crippen LogP contribution in [0.15, 0.2) is 41.3 Å². The van der Waals surface area contributed by atoms with E-state index in [1.807, 2.05) is 6.92 Å². The first-order valence-electron chi connectivity index (χ1n) is 9.80. The Labute approximate surface area is 203 Å². The molecule has 6 nitrogen and oxygen atoms in total. The van der Waals surface area contributed by atoms with Crippen molar-refractivity contribution in [1.29, 1.82) is 0 Å². The Hall–Kier alpha value is -2.94. The number of hydrogen-bond acceptors (Lipinski definition) is 5. The highest BCUT2D eigenvalue weighted by molar-refractivity contribution is 7.14. The molecule has 0 atom stereocenters. The van der Waals surface area contributed by atoms with Crippen molar-refractivity contribution in [2.75, 3.05) is 11.9 Å². The minimum atomic E-state index is -1.11. The monoisotopic (exact) mass is 508 g/mol. The van der Waals surface area contributed by atoms with Gasteiger partial charge in [-0.05, 0) is 43.7 Å². The molecule has 0 bridgehead atoms. The summed E-state index contributed by atoms with van der Waals surface area (Å²) < 4.78 is 20.2. The van der Waals surface area contributed by atoms with E-state index in [0.29, 0.717) is 17.9 Å². The van der Waals surface area contributed by atoms with Crippen LogP contribution in [-0.4, -0.2) is 28.6 Å². The number of amides is 1. The second-order valence-electron chi connectivity index (χ2n) is 6.94. The normalized spacial score (nSPS) is 11.4.